The number of hydrogen-bond acceptors (Lipinski definition) is 5. The van der Waals surface area contributed by atoms with Crippen molar-refractivity contribution in [3.05, 3.63) is 29.8 Å². The fraction of sp³-hybridized carbons (Fsp3) is 0.385. The van der Waals surface area contributed by atoms with E-state index in [0.717, 1.165) is 5.75 Å². The molecule has 98 valence electrons. The second-order valence-corrected chi connectivity index (χ2v) is 4.64. The monoisotopic (exact) mass is 268 g/mol. The highest BCUT2D eigenvalue weighted by molar-refractivity contribution is 8.00. The summed E-state index contributed by atoms with van der Waals surface area (Å²) >= 11 is 1.43. The highest BCUT2D eigenvalue weighted by atomic mass is 32.2. The summed E-state index contributed by atoms with van der Waals surface area (Å²) < 4.78 is 9.53. The zero-order chi connectivity index (χ0) is 13.4. The lowest BCUT2D eigenvalue weighted by molar-refractivity contribution is -0.140. The molecule has 18 heavy (non-hydrogen) atoms. The number of ketones is 1. The van der Waals surface area contributed by atoms with E-state index in [1.54, 1.807) is 31.4 Å². The maximum Gasteiger partial charge on any atom is 0.306 e. The van der Waals surface area contributed by atoms with Gasteiger partial charge in [0.25, 0.3) is 0 Å². The Morgan fingerprint density at radius 2 is 1.83 bits per heavy atom. The first-order valence-corrected chi connectivity index (χ1v) is 6.64. The Morgan fingerprint density at radius 1 is 1.17 bits per heavy atom. The summed E-state index contributed by atoms with van der Waals surface area (Å²) in [5.41, 5.74) is 0.654. The number of Topliss-reactive ketones (excluding diaryl/α,β-unsaturated/α-hetero) is 1. The van der Waals surface area contributed by atoms with Crippen LogP contribution in [0.25, 0.3) is 0 Å². The van der Waals surface area contributed by atoms with E-state index >= 15 is 0 Å². The Morgan fingerprint density at radius 3 is 2.39 bits per heavy atom. The zero-order valence-corrected chi connectivity index (χ0v) is 11.3. The molecule has 0 atom stereocenters. The van der Waals surface area contributed by atoms with Gasteiger partial charge >= 0.3 is 5.97 Å². The highest BCUT2D eigenvalue weighted by Gasteiger charge is 2.07. The summed E-state index contributed by atoms with van der Waals surface area (Å²) in [6, 6.07) is 6.99. The Balaban J connectivity index is 2.33. The summed E-state index contributed by atoms with van der Waals surface area (Å²) in [5, 5.41) is 0. The smallest absolute Gasteiger partial charge is 0.306 e. The molecule has 0 aliphatic carbocycles. The van der Waals surface area contributed by atoms with Crippen LogP contribution in [0.5, 0.6) is 5.75 Å². The zero-order valence-electron chi connectivity index (χ0n) is 10.5. The number of esters is 1. The molecule has 0 aliphatic heterocycles. The van der Waals surface area contributed by atoms with Crippen LogP contribution in [0.4, 0.5) is 0 Å². The topological polar surface area (TPSA) is 52.6 Å². The van der Waals surface area contributed by atoms with Crippen molar-refractivity contribution < 1.29 is 19.1 Å². The maximum absolute atomic E-state index is 11.8. The molecule has 4 nitrogen and oxygen atoms in total. The minimum atomic E-state index is -0.251. The fourth-order valence-electron chi connectivity index (χ4n) is 1.28. The van der Waals surface area contributed by atoms with Gasteiger partial charge in [0.15, 0.2) is 5.78 Å². The molecular formula is C13H16O4S. The Labute approximate surface area is 111 Å². The van der Waals surface area contributed by atoms with Crippen LogP contribution in [-0.2, 0) is 9.53 Å². The molecule has 0 amide bonds. The van der Waals surface area contributed by atoms with Gasteiger partial charge in [-0.3, -0.25) is 9.59 Å². The average molecular weight is 268 g/mol. The number of carbonyl (C=O) groups is 2. The van der Waals surface area contributed by atoms with Crippen molar-refractivity contribution in [2.75, 3.05) is 25.7 Å². The predicted molar refractivity (Wildman–Crippen MR) is 71.3 cm³/mol. The summed E-state index contributed by atoms with van der Waals surface area (Å²) in [4.78, 5) is 22.6. The van der Waals surface area contributed by atoms with E-state index in [1.807, 2.05) is 0 Å². The second-order valence-electron chi connectivity index (χ2n) is 3.53. The van der Waals surface area contributed by atoms with Crippen molar-refractivity contribution in [2.24, 2.45) is 0 Å². The van der Waals surface area contributed by atoms with Crippen molar-refractivity contribution in [1.82, 2.24) is 0 Å². The number of ether oxygens (including phenoxy) is 2. The van der Waals surface area contributed by atoms with Crippen LogP contribution in [-0.4, -0.2) is 37.5 Å². The summed E-state index contributed by atoms with van der Waals surface area (Å²) in [6.07, 6.45) is 0.330. The minimum Gasteiger partial charge on any atom is -0.497 e. The molecule has 0 fully saturated rings. The van der Waals surface area contributed by atoms with Crippen LogP contribution in [0.3, 0.4) is 0 Å². The third kappa shape index (κ3) is 4.79. The van der Waals surface area contributed by atoms with Crippen molar-refractivity contribution in [2.45, 2.75) is 6.42 Å². The van der Waals surface area contributed by atoms with Gasteiger partial charge in [-0.15, -0.1) is 0 Å². The molecule has 1 rings (SSSR count). The molecule has 0 bridgehead atoms. The summed E-state index contributed by atoms with van der Waals surface area (Å²) in [5.74, 6) is 1.48. The van der Waals surface area contributed by atoms with Crippen LogP contribution in [0.2, 0.25) is 0 Å². The lowest BCUT2D eigenvalue weighted by Gasteiger charge is -2.03. The molecule has 0 spiro atoms. The molecule has 0 aromatic heterocycles. The normalized spacial score (nSPS) is 9.89. The van der Waals surface area contributed by atoms with Gasteiger partial charge in [0.05, 0.1) is 26.4 Å². The van der Waals surface area contributed by atoms with Crippen LogP contribution in [0.1, 0.15) is 16.8 Å². The van der Waals surface area contributed by atoms with Crippen molar-refractivity contribution in [3.63, 3.8) is 0 Å². The fourth-order valence-corrected chi connectivity index (χ4v) is 2.09. The van der Waals surface area contributed by atoms with Crippen LogP contribution in [0.15, 0.2) is 24.3 Å². The summed E-state index contributed by atoms with van der Waals surface area (Å²) in [6.45, 7) is 0. The van der Waals surface area contributed by atoms with Gasteiger partial charge in [0.2, 0.25) is 0 Å². The number of rotatable bonds is 7. The average Bonchev–Trinajstić information content (AvgIpc) is 2.43. The van der Waals surface area contributed by atoms with Crippen LogP contribution >= 0.6 is 11.8 Å². The lowest BCUT2D eigenvalue weighted by Crippen LogP contribution is -2.05. The van der Waals surface area contributed by atoms with Gasteiger partial charge in [-0.2, -0.15) is 11.8 Å². The molecule has 0 saturated carbocycles. The lowest BCUT2D eigenvalue weighted by atomic mass is 10.1. The number of methoxy groups -OCH3 is 2. The quantitative estimate of drug-likeness (QED) is 0.431. The molecule has 0 unspecified atom stereocenters. The Hall–Kier alpha value is -1.49. The second kappa shape index (κ2) is 7.76. The van der Waals surface area contributed by atoms with Gasteiger partial charge in [-0.05, 0) is 24.3 Å². The number of carbonyl (C=O) groups excluding carboxylic acids is 2. The van der Waals surface area contributed by atoms with Gasteiger partial charge in [0.1, 0.15) is 5.75 Å². The van der Waals surface area contributed by atoms with E-state index in [0.29, 0.717) is 23.5 Å². The molecule has 0 N–H and O–H groups in total. The van der Waals surface area contributed by atoms with E-state index in [4.69, 9.17) is 4.74 Å². The first kappa shape index (κ1) is 14.6. The van der Waals surface area contributed by atoms with E-state index in [9.17, 15) is 9.59 Å². The summed E-state index contributed by atoms with van der Waals surface area (Å²) in [7, 11) is 2.94. The van der Waals surface area contributed by atoms with Gasteiger partial charge < -0.3 is 9.47 Å². The predicted octanol–water partition coefficient (Wildman–Crippen LogP) is 2.17. The molecule has 0 heterocycles. The number of hydrogen-bond donors (Lipinski definition) is 0. The molecule has 1 aromatic rings. The van der Waals surface area contributed by atoms with E-state index in [2.05, 4.69) is 4.74 Å². The first-order valence-electron chi connectivity index (χ1n) is 5.49. The number of benzene rings is 1. The van der Waals surface area contributed by atoms with Crippen LogP contribution in [0, 0.1) is 0 Å². The third-order valence-corrected chi connectivity index (χ3v) is 3.28. The largest absolute Gasteiger partial charge is 0.497 e. The molecule has 0 aliphatic rings. The van der Waals surface area contributed by atoms with Gasteiger partial charge in [0, 0.05) is 11.3 Å². The van der Waals surface area contributed by atoms with Gasteiger partial charge in [-0.25, -0.2) is 0 Å². The standard InChI is InChI=1S/C13H16O4S/c1-16-11-5-3-10(4-6-11)12(14)9-18-8-7-13(15)17-2/h3-6H,7-9H2,1-2H3. The highest BCUT2D eigenvalue weighted by Crippen LogP contribution is 2.14. The van der Waals surface area contributed by atoms with E-state index in [-0.39, 0.29) is 11.8 Å². The Kier molecular flexibility index (Phi) is 6.28. The van der Waals surface area contributed by atoms with Crippen molar-refractivity contribution >= 4 is 23.5 Å². The van der Waals surface area contributed by atoms with Crippen molar-refractivity contribution in [1.29, 1.82) is 0 Å². The number of thioether (sulfide) groups is 1. The molecule has 5 heteroatoms. The molecule has 0 radical (unpaired) electrons. The third-order valence-electron chi connectivity index (χ3n) is 2.32. The van der Waals surface area contributed by atoms with E-state index in [1.165, 1.54) is 18.9 Å². The van der Waals surface area contributed by atoms with E-state index < -0.39 is 0 Å². The molecule has 1 aromatic carbocycles. The maximum atomic E-state index is 11.8. The van der Waals surface area contributed by atoms with Gasteiger partial charge in [-0.1, -0.05) is 0 Å². The minimum absolute atomic E-state index is 0.0486. The first-order chi connectivity index (χ1) is 8.67. The van der Waals surface area contributed by atoms with Crippen LogP contribution < -0.4 is 4.74 Å². The molecule has 0 saturated heterocycles. The Bertz CT molecular complexity index is 400. The molecular weight excluding hydrogens is 252 g/mol. The van der Waals surface area contributed by atoms with Crippen molar-refractivity contribution in [3.8, 4) is 5.75 Å². The SMILES string of the molecule is COC(=O)CCSCC(=O)c1ccc(OC)cc1.